The molecule has 1 saturated heterocycles. The number of ether oxygens (including phenoxy) is 4. The van der Waals surface area contributed by atoms with E-state index in [1.165, 1.54) is 26.4 Å². The minimum atomic E-state index is -3.97. The molecule has 3 atom stereocenters. The number of methoxy groups -OCH3 is 2. The SMILES string of the molecule is COCCn1c(NS(=O)(=O)C(C)C(OC)c2ncc(Cl)cn2)nnc1[C@H]1COCCO1. The lowest BCUT2D eigenvalue weighted by Gasteiger charge is -2.24. The van der Waals surface area contributed by atoms with Gasteiger partial charge in [0.15, 0.2) is 11.6 Å². The highest BCUT2D eigenvalue weighted by Crippen LogP contribution is 2.26. The van der Waals surface area contributed by atoms with Crippen LogP contribution in [0.25, 0.3) is 0 Å². The summed E-state index contributed by atoms with van der Waals surface area (Å²) in [5, 5.41) is 7.43. The summed E-state index contributed by atoms with van der Waals surface area (Å²) in [6, 6.07) is 0. The fourth-order valence-corrected chi connectivity index (χ4v) is 4.27. The zero-order valence-corrected chi connectivity index (χ0v) is 19.0. The third-order valence-corrected chi connectivity index (χ3v) is 6.59. The minimum Gasteiger partial charge on any atom is -0.383 e. The summed E-state index contributed by atoms with van der Waals surface area (Å²) in [6.45, 7) is 3.33. The van der Waals surface area contributed by atoms with Crippen molar-refractivity contribution < 1.29 is 27.4 Å². The maximum Gasteiger partial charge on any atom is 0.240 e. The van der Waals surface area contributed by atoms with Crippen LogP contribution >= 0.6 is 11.6 Å². The van der Waals surface area contributed by atoms with E-state index in [4.69, 9.17) is 30.5 Å². The molecule has 1 fully saturated rings. The Morgan fingerprint density at radius 1 is 1.29 bits per heavy atom. The van der Waals surface area contributed by atoms with Crippen LogP contribution in [0.1, 0.15) is 30.8 Å². The number of hydrogen-bond donors (Lipinski definition) is 1. The molecule has 0 saturated carbocycles. The van der Waals surface area contributed by atoms with Gasteiger partial charge >= 0.3 is 0 Å². The number of nitrogens with zero attached hydrogens (tertiary/aromatic N) is 5. The van der Waals surface area contributed by atoms with Gasteiger partial charge in [0.25, 0.3) is 0 Å². The number of anilines is 1. The second-order valence-electron chi connectivity index (χ2n) is 6.73. The molecule has 2 aromatic heterocycles. The molecular weight excluding hydrogens is 452 g/mol. The number of nitrogens with one attached hydrogen (secondary N) is 1. The van der Waals surface area contributed by atoms with E-state index in [2.05, 4.69) is 24.9 Å². The molecule has 172 valence electrons. The minimum absolute atomic E-state index is 0.0416. The first-order chi connectivity index (χ1) is 14.9. The first-order valence-electron chi connectivity index (χ1n) is 9.50. The van der Waals surface area contributed by atoms with Crippen molar-refractivity contribution in [3.8, 4) is 0 Å². The van der Waals surface area contributed by atoms with E-state index in [0.29, 0.717) is 43.8 Å². The largest absolute Gasteiger partial charge is 0.383 e. The van der Waals surface area contributed by atoms with Crippen molar-refractivity contribution in [2.24, 2.45) is 0 Å². The third-order valence-electron chi connectivity index (χ3n) is 4.70. The van der Waals surface area contributed by atoms with Crippen LogP contribution in [0.15, 0.2) is 12.4 Å². The Morgan fingerprint density at radius 2 is 2.03 bits per heavy atom. The number of halogens is 1. The van der Waals surface area contributed by atoms with E-state index in [-0.39, 0.29) is 11.8 Å². The van der Waals surface area contributed by atoms with Gasteiger partial charge in [0.05, 0.1) is 38.0 Å². The molecule has 0 radical (unpaired) electrons. The van der Waals surface area contributed by atoms with Crippen molar-refractivity contribution in [1.29, 1.82) is 0 Å². The molecule has 2 aromatic rings. The van der Waals surface area contributed by atoms with Crippen molar-refractivity contribution in [2.75, 3.05) is 45.4 Å². The van der Waals surface area contributed by atoms with E-state index in [1.807, 2.05) is 0 Å². The molecule has 0 aliphatic carbocycles. The number of rotatable bonds is 10. The van der Waals surface area contributed by atoms with Gasteiger partial charge in [-0.1, -0.05) is 11.6 Å². The molecule has 1 N–H and O–H groups in total. The highest BCUT2D eigenvalue weighted by atomic mass is 35.5. The zero-order chi connectivity index (χ0) is 22.4. The average Bonchev–Trinajstić information content (AvgIpc) is 3.16. The normalized spacial score (nSPS) is 19.2. The number of hydrogen-bond acceptors (Lipinski definition) is 10. The molecule has 0 aromatic carbocycles. The zero-order valence-electron chi connectivity index (χ0n) is 17.4. The Balaban J connectivity index is 1.85. The molecule has 12 nitrogen and oxygen atoms in total. The summed E-state index contributed by atoms with van der Waals surface area (Å²) in [5.41, 5.74) is 0. The molecule has 0 spiro atoms. The predicted octanol–water partition coefficient (Wildman–Crippen LogP) is 0.974. The van der Waals surface area contributed by atoms with Crippen LogP contribution in [0.4, 0.5) is 5.95 Å². The van der Waals surface area contributed by atoms with Crippen LogP contribution in [-0.4, -0.2) is 79.0 Å². The van der Waals surface area contributed by atoms with E-state index in [1.54, 1.807) is 11.7 Å². The van der Waals surface area contributed by atoms with Gasteiger partial charge in [-0.05, 0) is 6.92 Å². The molecule has 0 bridgehead atoms. The van der Waals surface area contributed by atoms with Gasteiger partial charge in [0, 0.05) is 26.6 Å². The maximum absolute atomic E-state index is 13.1. The smallest absolute Gasteiger partial charge is 0.240 e. The van der Waals surface area contributed by atoms with Gasteiger partial charge in [0.1, 0.15) is 17.5 Å². The Kier molecular flexibility index (Phi) is 8.13. The topological polar surface area (TPSA) is 140 Å². The van der Waals surface area contributed by atoms with Crippen LogP contribution in [0, 0.1) is 0 Å². The molecule has 1 aliphatic rings. The van der Waals surface area contributed by atoms with Crippen LogP contribution in [0.2, 0.25) is 5.02 Å². The molecule has 2 unspecified atom stereocenters. The number of sulfonamides is 1. The van der Waals surface area contributed by atoms with E-state index in [0.717, 1.165) is 0 Å². The molecule has 31 heavy (non-hydrogen) atoms. The summed E-state index contributed by atoms with van der Waals surface area (Å²) in [7, 11) is -1.04. The van der Waals surface area contributed by atoms with Gasteiger partial charge in [-0.2, -0.15) is 0 Å². The van der Waals surface area contributed by atoms with Crippen molar-refractivity contribution in [3.63, 3.8) is 0 Å². The third kappa shape index (κ3) is 5.67. The summed E-state index contributed by atoms with van der Waals surface area (Å²) in [6.07, 6.45) is 1.37. The van der Waals surface area contributed by atoms with E-state index < -0.39 is 27.5 Å². The highest BCUT2D eigenvalue weighted by Gasteiger charge is 2.35. The Morgan fingerprint density at radius 3 is 2.65 bits per heavy atom. The predicted molar refractivity (Wildman–Crippen MR) is 110 cm³/mol. The monoisotopic (exact) mass is 476 g/mol. The average molecular weight is 477 g/mol. The molecule has 1 aliphatic heterocycles. The lowest BCUT2D eigenvalue weighted by atomic mass is 10.2. The summed E-state index contributed by atoms with van der Waals surface area (Å²) in [5.74, 6) is 0.686. The molecule has 3 heterocycles. The molecular formula is C17H25ClN6O6S. The van der Waals surface area contributed by atoms with Crippen LogP contribution < -0.4 is 4.72 Å². The Labute approximate surface area is 185 Å². The van der Waals surface area contributed by atoms with Gasteiger partial charge in [-0.25, -0.2) is 18.4 Å². The van der Waals surface area contributed by atoms with Gasteiger partial charge in [0.2, 0.25) is 16.0 Å². The van der Waals surface area contributed by atoms with Gasteiger partial charge in [-0.3, -0.25) is 9.29 Å². The van der Waals surface area contributed by atoms with Gasteiger partial charge < -0.3 is 18.9 Å². The standard InChI is InChI=1S/C17H25ClN6O6S/c1-11(14(28-3)15-19-8-12(18)9-20-15)31(25,26)23-17-22-21-16(24(17)4-5-27-2)13-10-29-6-7-30-13/h8-9,11,13-14H,4-7,10H2,1-3H3,(H,22,23)/t11?,13-,14?/m1/s1. The number of aromatic nitrogens is 5. The summed E-state index contributed by atoms with van der Waals surface area (Å²) in [4.78, 5) is 8.15. The second-order valence-corrected chi connectivity index (χ2v) is 9.20. The maximum atomic E-state index is 13.1. The van der Waals surface area contributed by atoms with Crippen LogP contribution in [0.3, 0.4) is 0 Å². The van der Waals surface area contributed by atoms with Crippen molar-refractivity contribution in [1.82, 2.24) is 24.7 Å². The van der Waals surface area contributed by atoms with Crippen molar-refractivity contribution in [2.45, 2.75) is 30.9 Å². The van der Waals surface area contributed by atoms with E-state index >= 15 is 0 Å². The van der Waals surface area contributed by atoms with Crippen molar-refractivity contribution >= 4 is 27.6 Å². The van der Waals surface area contributed by atoms with Crippen LogP contribution in [-0.2, 0) is 35.5 Å². The first-order valence-corrected chi connectivity index (χ1v) is 11.4. The molecule has 0 amide bonds. The Hall–Kier alpha value is -1.90. The molecule has 14 heteroatoms. The fraction of sp³-hybridized carbons (Fsp3) is 0.647. The lowest BCUT2D eigenvalue weighted by molar-refractivity contribution is -0.0949. The summed E-state index contributed by atoms with van der Waals surface area (Å²) < 4.78 is 52.0. The van der Waals surface area contributed by atoms with Gasteiger partial charge in [-0.15, -0.1) is 10.2 Å². The van der Waals surface area contributed by atoms with Crippen LogP contribution in [0.5, 0.6) is 0 Å². The summed E-state index contributed by atoms with van der Waals surface area (Å²) >= 11 is 5.82. The Bertz CT molecular complexity index is 951. The first kappa shape index (κ1) is 23.8. The highest BCUT2D eigenvalue weighted by molar-refractivity contribution is 7.93. The fourth-order valence-electron chi connectivity index (χ4n) is 3.03. The quantitative estimate of drug-likeness (QED) is 0.527. The van der Waals surface area contributed by atoms with Crippen molar-refractivity contribution in [3.05, 3.63) is 29.1 Å². The van der Waals surface area contributed by atoms with E-state index in [9.17, 15) is 8.42 Å². The lowest BCUT2D eigenvalue weighted by Crippen LogP contribution is -2.34. The molecule has 3 rings (SSSR count). The second kappa shape index (κ2) is 10.6.